The zero-order valence-corrected chi connectivity index (χ0v) is 12.2. The lowest BCUT2D eigenvalue weighted by atomic mass is 9.76. The molecule has 3 heteroatoms. The molecule has 3 rings (SSSR count). The summed E-state index contributed by atoms with van der Waals surface area (Å²) in [6.45, 7) is 3.79. The van der Waals surface area contributed by atoms with E-state index in [1.165, 1.54) is 24.0 Å². The zero-order valence-electron chi connectivity index (χ0n) is 12.2. The predicted octanol–water partition coefficient (Wildman–Crippen LogP) is 2.36. The van der Waals surface area contributed by atoms with Gasteiger partial charge in [0.1, 0.15) is 0 Å². The van der Waals surface area contributed by atoms with E-state index in [9.17, 15) is 4.79 Å². The minimum atomic E-state index is 0.248. The Hall–Kier alpha value is -1.35. The van der Waals surface area contributed by atoms with Crippen LogP contribution in [0.1, 0.15) is 42.7 Å². The highest BCUT2D eigenvalue weighted by Crippen LogP contribution is 2.36. The summed E-state index contributed by atoms with van der Waals surface area (Å²) in [5, 5.41) is 6.53. The van der Waals surface area contributed by atoms with Gasteiger partial charge in [-0.15, -0.1) is 0 Å². The van der Waals surface area contributed by atoms with E-state index in [4.69, 9.17) is 0 Å². The molecule has 0 bridgehead atoms. The van der Waals surface area contributed by atoms with Gasteiger partial charge in [0.05, 0.1) is 0 Å². The lowest BCUT2D eigenvalue weighted by Gasteiger charge is -2.36. The Balaban J connectivity index is 1.30. The Morgan fingerprint density at radius 2 is 1.85 bits per heavy atom. The molecule has 3 nitrogen and oxygen atoms in total. The van der Waals surface area contributed by atoms with Crippen molar-refractivity contribution < 1.29 is 4.79 Å². The number of hydrogen-bond donors (Lipinski definition) is 2. The Labute approximate surface area is 121 Å². The second-order valence-electron chi connectivity index (χ2n) is 6.30. The summed E-state index contributed by atoms with van der Waals surface area (Å²) >= 11 is 0. The van der Waals surface area contributed by atoms with Crippen LogP contribution in [0.5, 0.6) is 0 Å². The van der Waals surface area contributed by atoms with Gasteiger partial charge in [-0.05, 0) is 44.1 Å². The van der Waals surface area contributed by atoms with Crippen LogP contribution in [0.3, 0.4) is 0 Å². The standard InChI is InChI=1S/C17H24N2O/c1-12-2-4-13(5-3-12)15-10-16(11-15)18-8-9-19-17(20)14-6-7-14/h2-5,14-16,18H,6-11H2,1H3,(H,19,20). The molecule has 0 saturated heterocycles. The molecule has 1 aromatic carbocycles. The van der Waals surface area contributed by atoms with Gasteiger partial charge in [0.25, 0.3) is 0 Å². The normalized spacial score (nSPS) is 25.1. The second kappa shape index (κ2) is 5.96. The van der Waals surface area contributed by atoms with Gasteiger partial charge in [0, 0.05) is 25.0 Å². The topological polar surface area (TPSA) is 41.1 Å². The maximum Gasteiger partial charge on any atom is 0.223 e. The van der Waals surface area contributed by atoms with Gasteiger partial charge >= 0.3 is 0 Å². The van der Waals surface area contributed by atoms with Gasteiger partial charge in [-0.1, -0.05) is 29.8 Å². The second-order valence-corrected chi connectivity index (χ2v) is 6.30. The molecule has 0 aliphatic heterocycles. The molecule has 2 N–H and O–H groups in total. The quantitative estimate of drug-likeness (QED) is 0.781. The molecule has 1 aromatic rings. The number of nitrogens with one attached hydrogen (secondary N) is 2. The fraction of sp³-hybridized carbons (Fsp3) is 0.588. The number of rotatable bonds is 6. The monoisotopic (exact) mass is 272 g/mol. The Kier molecular flexibility index (Phi) is 4.06. The number of amides is 1. The van der Waals surface area contributed by atoms with Gasteiger partial charge < -0.3 is 10.6 Å². The Morgan fingerprint density at radius 1 is 1.15 bits per heavy atom. The van der Waals surface area contributed by atoms with Crippen LogP contribution < -0.4 is 10.6 Å². The van der Waals surface area contributed by atoms with Gasteiger partial charge in [-0.2, -0.15) is 0 Å². The molecule has 0 aromatic heterocycles. The van der Waals surface area contributed by atoms with Gasteiger partial charge in [-0.3, -0.25) is 4.79 Å². The minimum absolute atomic E-state index is 0.248. The van der Waals surface area contributed by atoms with Crippen LogP contribution in [0.2, 0.25) is 0 Å². The first-order valence-corrected chi connectivity index (χ1v) is 7.80. The van der Waals surface area contributed by atoms with Crippen molar-refractivity contribution >= 4 is 5.91 Å². The number of aryl methyl sites for hydroxylation is 1. The predicted molar refractivity (Wildman–Crippen MR) is 80.7 cm³/mol. The number of carbonyl (C=O) groups excluding carboxylic acids is 1. The van der Waals surface area contributed by atoms with Crippen molar-refractivity contribution in [1.82, 2.24) is 10.6 Å². The molecular formula is C17H24N2O. The highest BCUT2D eigenvalue weighted by molar-refractivity contribution is 5.80. The average Bonchev–Trinajstić information content (AvgIpc) is 3.22. The molecule has 2 aliphatic carbocycles. The van der Waals surface area contributed by atoms with E-state index in [-0.39, 0.29) is 5.91 Å². The summed E-state index contributed by atoms with van der Waals surface area (Å²) in [7, 11) is 0. The molecule has 0 atom stereocenters. The molecule has 0 heterocycles. The largest absolute Gasteiger partial charge is 0.355 e. The summed E-state index contributed by atoms with van der Waals surface area (Å²) in [5.41, 5.74) is 2.80. The molecule has 20 heavy (non-hydrogen) atoms. The van der Waals surface area contributed by atoms with E-state index in [1.54, 1.807) is 0 Å². The van der Waals surface area contributed by atoms with Gasteiger partial charge in [0.2, 0.25) is 5.91 Å². The number of hydrogen-bond acceptors (Lipinski definition) is 2. The third-order valence-corrected chi connectivity index (χ3v) is 4.49. The molecule has 2 saturated carbocycles. The van der Waals surface area contributed by atoms with E-state index < -0.39 is 0 Å². The Bertz CT molecular complexity index is 458. The highest BCUT2D eigenvalue weighted by atomic mass is 16.2. The average molecular weight is 272 g/mol. The summed E-state index contributed by atoms with van der Waals surface area (Å²) in [6.07, 6.45) is 4.61. The van der Waals surface area contributed by atoms with Gasteiger partial charge in [-0.25, -0.2) is 0 Å². The highest BCUT2D eigenvalue weighted by Gasteiger charge is 2.30. The van der Waals surface area contributed by atoms with E-state index >= 15 is 0 Å². The lowest BCUT2D eigenvalue weighted by molar-refractivity contribution is -0.122. The smallest absolute Gasteiger partial charge is 0.223 e. The molecule has 0 spiro atoms. The Morgan fingerprint density at radius 3 is 2.50 bits per heavy atom. The van der Waals surface area contributed by atoms with Crippen LogP contribution in [-0.2, 0) is 4.79 Å². The fourth-order valence-electron chi connectivity index (χ4n) is 2.85. The van der Waals surface area contributed by atoms with Crippen molar-refractivity contribution in [2.24, 2.45) is 5.92 Å². The first-order chi connectivity index (χ1) is 9.72. The molecule has 1 amide bonds. The first kappa shape index (κ1) is 13.6. The third kappa shape index (κ3) is 3.40. The zero-order chi connectivity index (χ0) is 13.9. The number of benzene rings is 1. The molecule has 0 unspecified atom stereocenters. The van der Waals surface area contributed by atoms with E-state index in [2.05, 4.69) is 41.8 Å². The van der Waals surface area contributed by atoms with Crippen LogP contribution >= 0.6 is 0 Å². The third-order valence-electron chi connectivity index (χ3n) is 4.49. The van der Waals surface area contributed by atoms with Crippen molar-refractivity contribution in [3.63, 3.8) is 0 Å². The van der Waals surface area contributed by atoms with Crippen LogP contribution in [-0.4, -0.2) is 25.0 Å². The van der Waals surface area contributed by atoms with E-state index in [1.807, 2.05) is 0 Å². The van der Waals surface area contributed by atoms with Crippen molar-refractivity contribution in [2.45, 2.75) is 44.6 Å². The number of carbonyl (C=O) groups is 1. The summed E-state index contributed by atoms with van der Waals surface area (Å²) in [5.74, 6) is 1.29. The molecule has 0 radical (unpaired) electrons. The maximum atomic E-state index is 11.5. The van der Waals surface area contributed by atoms with Crippen molar-refractivity contribution in [3.8, 4) is 0 Å². The van der Waals surface area contributed by atoms with E-state index in [0.29, 0.717) is 17.9 Å². The van der Waals surface area contributed by atoms with Crippen LogP contribution in [0.15, 0.2) is 24.3 Å². The maximum absolute atomic E-state index is 11.5. The van der Waals surface area contributed by atoms with Crippen molar-refractivity contribution in [1.29, 1.82) is 0 Å². The SMILES string of the molecule is Cc1ccc(C2CC(NCCNC(=O)C3CC3)C2)cc1. The van der Waals surface area contributed by atoms with Crippen molar-refractivity contribution in [3.05, 3.63) is 35.4 Å². The van der Waals surface area contributed by atoms with Crippen molar-refractivity contribution in [2.75, 3.05) is 13.1 Å². The van der Waals surface area contributed by atoms with Crippen LogP contribution in [0.4, 0.5) is 0 Å². The lowest BCUT2D eigenvalue weighted by Crippen LogP contribution is -2.43. The van der Waals surface area contributed by atoms with Crippen LogP contribution in [0, 0.1) is 12.8 Å². The fourth-order valence-corrected chi connectivity index (χ4v) is 2.85. The van der Waals surface area contributed by atoms with Crippen LogP contribution in [0.25, 0.3) is 0 Å². The van der Waals surface area contributed by atoms with E-state index in [0.717, 1.165) is 25.9 Å². The molecular weight excluding hydrogens is 248 g/mol. The summed E-state index contributed by atoms with van der Waals surface area (Å²) in [6, 6.07) is 9.53. The van der Waals surface area contributed by atoms with Gasteiger partial charge in [0.15, 0.2) is 0 Å². The first-order valence-electron chi connectivity index (χ1n) is 7.80. The summed E-state index contributed by atoms with van der Waals surface area (Å²) in [4.78, 5) is 11.5. The minimum Gasteiger partial charge on any atom is -0.355 e. The molecule has 108 valence electrons. The molecule has 2 aliphatic rings. The molecule has 2 fully saturated rings. The summed E-state index contributed by atoms with van der Waals surface area (Å²) < 4.78 is 0.